The third-order valence-electron chi connectivity index (χ3n) is 4.48. The van der Waals surface area contributed by atoms with E-state index in [9.17, 15) is 9.59 Å². The van der Waals surface area contributed by atoms with E-state index in [4.69, 9.17) is 4.74 Å². The van der Waals surface area contributed by atoms with Crippen molar-refractivity contribution in [3.8, 4) is 0 Å². The highest BCUT2D eigenvalue weighted by Crippen LogP contribution is 2.20. The molecular formula is C20H24N2O3. The first-order valence-corrected chi connectivity index (χ1v) is 8.72. The Balaban J connectivity index is 1.64. The molecule has 0 saturated carbocycles. The Labute approximate surface area is 148 Å². The smallest absolute Gasteiger partial charge is 0.254 e. The Morgan fingerprint density at radius 3 is 2.32 bits per heavy atom. The van der Waals surface area contributed by atoms with Crippen molar-refractivity contribution in [2.24, 2.45) is 0 Å². The zero-order valence-corrected chi connectivity index (χ0v) is 14.8. The molecule has 0 N–H and O–H groups in total. The van der Waals surface area contributed by atoms with Crippen molar-refractivity contribution in [3.63, 3.8) is 0 Å². The van der Waals surface area contributed by atoms with Gasteiger partial charge in [0.25, 0.3) is 5.91 Å². The summed E-state index contributed by atoms with van der Waals surface area (Å²) in [7, 11) is 0. The van der Waals surface area contributed by atoms with Gasteiger partial charge in [-0.3, -0.25) is 9.59 Å². The van der Waals surface area contributed by atoms with Crippen LogP contribution in [0.25, 0.3) is 10.8 Å². The minimum absolute atomic E-state index is 0.00837. The molecule has 0 aromatic heterocycles. The van der Waals surface area contributed by atoms with Crippen LogP contribution in [0, 0.1) is 0 Å². The van der Waals surface area contributed by atoms with Crippen molar-refractivity contribution in [1.29, 1.82) is 0 Å². The Bertz CT molecular complexity index is 759. The molecule has 1 heterocycles. The molecule has 0 radical (unpaired) electrons. The maximum atomic E-state index is 12.9. The van der Waals surface area contributed by atoms with Gasteiger partial charge in [0.15, 0.2) is 0 Å². The first-order chi connectivity index (χ1) is 12.1. The Kier molecular flexibility index (Phi) is 5.34. The van der Waals surface area contributed by atoms with E-state index in [2.05, 4.69) is 0 Å². The second-order valence-corrected chi connectivity index (χ2v) is 6.56. The Hall–Kier alpha value is -2.40. The molecule has 0 unspecified atom stereocenters. The molecule has 2 aromatic carbocycles. The summed E-state index contributed by atoms with van der Waals surface area (Å²) in [6.07, 6.45) is 0.0400. The lowest BCUT2D eigenvalue weighted by molar-refractivity contribution is -0.139. The van der Waals surface area contributed by atoms with E-state index < -0.39 is 0 Å². The number of nitrogens with zero attached hydrogens (tertiary/aromatic N) is 2. The van der Waals surface area contributed by atoms with Crippen LogP contribution in [0.3, 0.4) is 0 Å². The summed E-state index contributed by atoms with van der Waals surface area (Å²) in [5.74, 6) is 0.0216. The van der Waals surface area contributed by atoms with Gasteiger partial charge in [-0.25, -0.2) is 0 Å². The summed E-state index contributed by atoms with van der Waals surface area (Å²) in [5.41, 5.74) is 0.723. The second kappa shape index (κ2) is 7.66. The van der Waals surface area contributed by atoms with Crippen molar-refractivity contribution >= 4 is 22.6 Å². The van der Waals surface area contributed by atoms with Gasteiger partial charge in [-0.05, 0) is 30.7 Å². The highest BCUT2D eigenvalue weighted by Gasteiger charge is 2.25. The van der Waals surface area contributed by atoms with E-state index in [-0.39, 0.29) is 24.5 Å². The van der Waals surface area contributed by atoms with Crippen molar-refractivity contribution in [2.75, 3.05) is 32.8 Å². The van der Waals surface area contributed by atoms with Gasteiger partial charge in [-0.2, -0.15) is 0 Å². The van der Waals surface area contributed by atoms with Crippen molar-refractivity contribution in [1.82, 2.24) is 9.80 Å². The molecule has 1 aliphatic rings. The zero-order chi connectivity index (χ0) is 17.8. The fourth-order valence-electron chi connectivity index (χ4n) is 3.07. The molecule has 3 rings (SSSR count). The SMILES string of the molecule is CC(C)OCC(=O)N1CCN(C(=O)c2cccc3ccccc23)CC1. The number of benzene rings is 2. The highest BCUT2D eigenvalue weighted by molar-refractivity contribution is 6.07. The molecule has 5 nitrogen and oxygen atoms in total. The number of fused-ring (bicyclic) bond motifs is 1. The standard InChI is InChI=1S/C20H24N2O3/c1-15(2)25-14-19(23)21-10-12-22(13-11-21)20(24)18-9-5-7-16-6-3-4-8-17(16)18/h3-9,15H,10-14H2,1-2H3. The van der Waals surface area contributed by atoms with E-state index in [0.717, 1.165) is 16.3 Å². The van der Waals surface area contributed by atoms with Gasteiger partial charge in [-0.1, -0.05) is 36.4 Å². The van der Waals surface area contributed by atoms with Gasteiger partial charge in [0.05, 0.1) is 6.10 Å². The predicted octanol–water partition coefficient (Wildman–Crippen LogP) is 2.55. The van der Waals surface area contributed by atoms with Crippen molar-refractivity contribution in [2.45, 2.75) is 20.0 Å². The molecule has 0 bridgehead atoms. The normalized spacial score (nSPS) is 15.0. The molecule has 2 aromatic rings. The fraction of sp³-hybridized carbons (Fsp3) is 0.400. The van der Waals surface area contributed by atoms with Crippen LogP contribution < -0.4 is 0 Å². The second-order valence-electron chi connectivity index (χ2n) is 6.56. The van der Waals surface area contributed by atoms with Gasteiger partial charge in [0, 0.05) is 31.7 Å². The topological polar surface area (TPSA) is 49.9 Å². The lowest BCUT2D eigenvalue weighted by Crippen LogP contribution is -2.51. The van der Waals surface area contributed by atoms with Crippen LogP contribution in [0.4, 0.5) is 0 Å². The zero-order valence-electron chi connectivity index (χ0n) is 14.8. The van der Waals surface area contributed by atoms with E-state index in [1.54, 1.807) is 4.90 Å². The molecular weight excluding hydrogens is 316 g/mol. The maximum Gasteiger partial charge on any atom is 0.254 e. The number of rotatable bonds is 4. The van der Waals surface area contributed by atoms with Crippen LogP contribution in [0.5, 0.6) is 0 Å². The van der Waals surface area contributed by atoms with E-state index in [1.807, 2.05) is 61.2 Å². The number of ether oxygens (including phenoxy) is 1. The summed E-state index contributed by atoms with van der Waals surface area (Å²) in [6, 6.07) is 13.7. The fourth-order valence-corrected chi connectivity index (χ4v) is 3.07. The summed E-state index contributed by atoms with van der Waals surface area (Å²) in [4.78, 5) is 28.6. The molecule has 1 fully saturated rings. The Morgan fingerprint density at radius 2 is 1.60 bits per heavy atom. The number of carbonyl (C=O) groups is 2. The number of hydrogen-bond acceptors (Lipinski definition) is 3. The molecule has 25 heavy (non-hydrogen) atoms. The van der Waals surface area contributed by atoms with Crippen LogP contribution in [-0.2, 0) is 9.53 Å². The maximum absolute atomic E-state index is 12.9. The predicted molar refractivity (Wildman–Crippen MR) is 97.5 cm³/mol. The van der Waals surface area contributed by atoms with Gasteiger partial charge >= 0.3 is 0 Å². The molecule has 5 heteroatoms. The molecule has 1 saturated heterocycles. The van der Waals surface area contributed by atoms with E-state index in [0.29, 0.717) is 26.2 Å². The van der Waals surface area contributed by atoms with Crippen LogP contribution in [-0.4, -0.2) is 60.5 Å². The molecule has 0 spiro atoms. The van der Waals surface area contributed by atoms with E-state index in [1.165, 1.54) is 0 Å². The van der Waals surface area contributed by atoms with E-state index >= 15 is 0 Å². The number of hydrogen-bond donors (Lipinski definition) is 0. The number of amides is 2. The van der Waals surface area contributed by atoms with Crippen LogP contribution in [0.1, 0.15) is 24.2 Å². The van der Waals surface area contributed by atoms with Crippen LogP contribution >= 0.6 is 0 Å². The summed E-state index contributed by atoms with van der Waals surface area (Å²) >= 11 is 0. The first-order valence-electron chi connectivity index (χ1n) is 8.72. The number of piperazine rings is 1. The monoisotopic (exact) mass is 340 g/mol. The minimum Gasteiger partial charge on any atom is -0.369 e. The minimum atomic E-state index is -0.00837. The van der Waals surface area contributed by atoms with Gasteiger partial charge in [0.2, 0.25) is 5.91 Å². The summed E-state index contributed by atoms with van der Waals surface area (Å²) < 4.78 is 5.38. The molecule has 0 aliphatic carbocycles. The summed E-state index contributed by atoms with van der Waals surface area (Å²) in [6.45, 7) is 6.13. The van der Waals surface area contributed by atoms with Crippen LogP contribution in [0.15, 0.2) is 42.5 Å². The third-order valence-corrected chi connectivity index (χ3v) is 4.48. The Morgan fingerprint density at radius 1 is 0.960 bits per heavy atom. The molecule has 132 valence electrons. The first kappa shape index (κ1) is 17.4. The molecule has 2 amide bonds. The average molecular weight is 340 g/mol. The largest absolute Gasteiger partial charge is 0.369 e. The highest BCUT2D eigenvalue weighted by atomic mass is 16.5. The molecule has 0 atom stereocenters. The lowest BCUT2D eigenvalue weighted by atomic mass is 10.0. The van der Waals surface area contributed by atoms with Gasteiger partial charge in [-0.15, -0.1) is 0 Å². The number of carbonyl (C=O) groups excluding carboxylic acids is 2. The lowest BCUT2D eigenvalue weighted by Gasteiger charge is -2.35. The quantitative estimate of drug-likeness (QED) is 0.859. The van der Waals surface area contributed by atoms with Crippen molar-refractivity contribution < 1.29 is 14.3 Å². The van der Waals surface area contributed by atoms with Gasteiger partial charge in [0.1, 0.15) is 6.61 Å². The summed E-state index contributed by atoms with van der Waals surface area (Å²) in [5, 5.41) is 2.03. The van der Waals surface area contributed by atoms with Gasteiger partial charge < -0.3 is 14.5 Å². The average Bonchev–Trinajstić information content (AvgIpc) is 2.65. The van der Waals surface area contributed by atoms with Crippen molar-refractivity contribution in [3.05, 3.63) is 48.0 Å². The van der Waals surface area contributed by atoms with Crippen LogP contribution in [0.2, 0.25) is 0 Å². The molecule has 1 aliphatic heterocycles. The third kappa shape index (κ3) is 3.99.